The molecule has 0 bridgehead atoms. The first kappa shape index (κ1) is 24.9. The van der Waals surface area contributed by atoms with Crippen molar-refractivity contribution in [2.24, 2.45) is 5.92 Å². The third-order valence-electron chi connectivity index (χ3n) is 6.57. The van der Waals surface area contributed by atoms with Crippen LogP contribution in [-0.4, -0.2) is 53.8 Å². The Hall–Kier alpha value is -3.26. The van der Waals surface area contributed by atoms with E-state index in [1.165, 1.54) is 22.9 Å². The number of thioether (sulfide) groups is 1. The fourth-order valence-electron chi connectivity index (χ4n) is 4.78. The van der Waals surface area contributed by atoms with Crippen molar-refractivity contribution in [3.05, 3.63) is 71.8 Å². The molecule has 0 radical (unpaired) electrons. The number of carboxylic acid groups (broad SMARTS) is 1. The minimum atomic E-state index is -1.04. The predicted molar refractivity (Wildman–Crippen MR) is 136 cm³/mol. The van der Waals surface area contributed by atoms with Gasteiger partial charge in [-0.2, -0.15) is 11.8 Å². The zero-order valence-electron chi connectivity index (χ0n) is 19.6. The second-order valence-corrected chi connectivity index (χ2v) is 9.84. The van der Waals surface area contributed by atoms with E-state index in [9.17, 15) is 19.5 Å². The number of nitrogens with one attached hydrogen (secondary N) is 2. The normalized spacial score (nSPS) is 19.3. The van der Waals surface area contributed by atoms with Gasteiger partial charge in [-0.15, -0.1) is 0 Å². The van der Waals surface area contributed by atoms with Crippen molar-refractivity contribution in [3.8, 4) is 11.1 Å². The summed E-state index contributed by atoms with van der Waals surface area (Å²) in [4.78, 5) is 36.7. The number of aliphatic carboxylic acids is 1. The first-order valence-corrected chi connectivity index (χ1v) is 13.2. The van der Waals surface area contributed by atoms with Crippen molar-refractivity contribution in [3.63, 3.8) is 0 Å². The topological polar surface area (TPSA) is 105 Å². The lowest BCUT2D eigenvalue weighted by molar-refractivity contribution is -0.142. The SMILES string of the molecule is CSCC[C@H](NC(=O)[C@@H]1CC=C[C@@H](NC(=O)OCC2c3ccccc3-c3ccccc32)C1)C(=O)O. The number of fused-ring (bicyclic) bond motifs is 3. The van der Waals surface area contributed by atoms with Gasteiger partial charge in [-0.3, -0.25) is 4.79 Å². The molecule has 0 saturated heterocycles. The van der Waals surface area contributed by atoms with Crippen molar-refractivity contribution in [1.29, 1.82) is 0 Å². The van der Waals surface area contributed by atoms with Gasteiger partial charge in [0.15, 0.2) is 0 Å². The summed E-state index contributed by atoms with van der Waals surface area (Å²) in [7, 11) is 0. The molecule has 3 N–H and O–H groups in total. The van der Waals surface area contributed by atoms with Gasteiger partial charge in [-0.25, -0.2) is 9.59 Å². The lowest BCUT2D eigenvalue weighted by atomic mass is 9.90. The molecule has 7 nitrogen and oxygen atoms in total. The van der Waals surface area contributed by atoms with E-state index in [4.69, 9.17) is 4.74 Å². The number of rotatable bonds is 9. The number of carbonyl (C=O) groups is 3. The molecule has 0 aromatic heterocycles. The van der Waals surface area contributed by atoms with Crippen molar-refractivity contribution in [2.45, 2.75) is 37.3 Å². The van der Waals surface area contributed by atoms with Crippen LogP contribution in [-0.2, 0) is 14.3 Å². The van der Waals surface area contributed by atoms with Crippen molar-refractivity contribution in [2.75, 3.05) is 18.6 Å². The molecule has 2 amide bonds. The van der Waals surface area contributed by atoms with Gasteiger partial charge in [0.1, 0.15) is 12.6 Å². The summed E-state index contributed by atoms with van der Waals surface area (Å²) in [5.74, 6) is -1.12. The molecule has 2 aliphatic carbocycles. The summed E-state index contributed by atoms with van der Waals surface area (Å²) in [6, 6.07) is 15.0. The molecule has 0 unspecified atom stereocenters. The Labute approximate surface area is 209 Å². The number of hydrogen-bond donors (Lipinski definition) is 3. The summed E-state index contributed by atoms with van der Waals surface area (Å²) >= 11 is 1.54. The summed E-state index contributed by atoms with van der Waals surface area (Å²) in [6.45, 7) is 0.218. The summed E-state index contributed by atoms with van der Waals surface area (Å²) < 4.78 is 5.61. The highest BCUT2D eigenvalue weighted by molar-refractivity contribution is 7.98. The van der Waals surface area contributed by atoms with E-state index in [2.05, 4.69) is 34.9 Å². The maximum absolute atomic E-state index is 12.7. The Bertz CT molecular complexity index is 1070. The highest BCUT2D eigenvalue weighted by Crippen LogP contribution is 2.44. The van der Waals surface area contributed by atoms with Crippen LogP contribution in [0, 0.1) is 5.92 Å². The van der Waals surface area contributed by atoms with E-state index in [0.717, 1.165) is 11.1 Å². The second-order valence-electron chi connectivity index (χ2n) is 8.85. The second kappa shape index (κ2) is 11.4. The van der Waals surface area contributed by atoms with E-state index in [-0.39, 0.29) is 24.5 Å². The molecule has 184 valence electrons. The number of benzene rings is 2. The largest absolute Gasteiger partial charge is 0.480 e. The number of carbonyl (C=O) groups excluding carboxylic acids is 2. The summed E-state index contributed by atoms with van der Waals surface area (Å²) in [6.07, 6.45) is 6.32. The molecule has 0 heterocycles. The number of allylic oxidation sites excluding steroid dienone is 1. The van der Waals surface area contributed by atoms with E-state index < -0.39 is 24.0 Å². The zero-order valence-corrected chi connectivity index (χ0v) is 20.4. The van der Waals surface area contributed by atoms with Crippen molar-refractivity contribution >= 4 is 29.7 Å². The molecule has 0 fully saturated rings. The van der Waals surface area contributed by atoms with E-state index in [1.54, 1.807) is 0 Å². The number of carboxylic acids is 1. The van der Waals surface area contributed by atoms with Crippen LogP contribution in [0.1, 0.15) is 36.3 Å². The molecule has 4 rings (SSSR count). The maximum Gasteiger partial charge on any atom is 0.407 e. The van der Waals surface area contributed by atoms with Gasteiger partial charge in [0.2, 0.25) is 5.91 Å². The molecule has 2 aromatic carbocycles. The third-order valence-corrected chi connectivity index (χ3v) is 7.21. The molecular formula is C27H30N2O5S. The fourth-order valence-corrected chi connectivity index (χ4v) is 5.26. The Morgan fingerprint density at radius 3 is 2.37 bits per heavy atom. The Kier molecular flexibility index (Phi) is 8.13. The number of amides is 2. The first-order chi connectivity index (χ1) is 17.0. The molecule has 2 aromatic rings. The van der Waals surface area contributed by atoms with Gasteiger partial charge in [-0.1, -0.05) is 60.7 Å². The van der Waals surface area contributed by atoms with Gasteiger partial charge in [0.25, 0.3) is 0 Å². The lowest BCUT2D eigenvalue weighted by Crippen LogP contribution is -2.46. The molecule has 2 aliphatic rings. The highest BCUT2D eigenvalue weighted by Gasteiger charge is 2.31. The van der Waals surface area contributed by atoms with Crippen LogP contribution < -0.4 is 10.6 Å². The molecular weight excluding hydrogens is 464 g/mol. The molecule has 8 heteroatoms. The Morgan fingerprint density at radius 2 is 1.74 bits per heavy atom. The van der Waals surface area contributed by atoms with Crippen LogP contribution in [0.25, 0.3) is 11.1 Å². The molecule has 3 atom stereocenters. The van der Waals surface area contributed by atoms with E-state index >= 15 is 0 Å². The minimum absolute atomic E-state index is 0.0252. The Balaban J connectivity index is 1.31. The van der Waals surface area contributed by atoms with Crippen LogP contribution in [0.5, 0.6) is 0 Å². The van der Waals surface area contributed by atoms with Crippen LogP contribution in [0.4, 0.5) is 4.79 Å². The predicted octanol–water partition coefficient (Wildman–Crippen LogP) is 4.18. The van der Waals surface area contributed by atoms with E-state index in [1.807, 2.05) is 42.7 Å². The summed E-state index contributed by atoms with van der Waals surface area (Å²) in [5, 5.41) is 14.9. The quantitative estimate of drug-likeness (QED) is 0.452. The van der Waals surface area contributed by atoms with Crippen LogP contribution >= 0.6 is 11.8 Å². The van der Waals surface area contributed by atoms with Gasteiger partial charge in [0, 0.05) is 11.8 Å². The van der Waals surface area contributed by atoms with Gasteiger partial charge in [-0.05, 0) is 53.5 Å². The highest BCUT2D eigenvalue weighted by atomic mass is 32.2. The molecule has 0 aliphatic heterocycles. The first-order valence-electron chi connectivity index (χ1n) is 11.8. The molecule has 0 saturated carbocycles. The summed E-state index contributed by atoms with van der Waals surface area (Å²) in [5.41, 5.74) is 4.62. The van der Waals surface area contributed by atoms with Crippen LogP contribution in [0.2, 0.25) is 0 Å². The average Bonchev–Trinajstić information content (AvgIpc) is 3.19. The molecule has 0 spiro atoms. The third kappa shape index (κ3) is 5.88. The Morgan fingerprint density at radius 1 is 1.09 bits per heavy atom. The zero-order chi connectivity index (χ0) is 24.8. The smallest absolute Gasteiger partial charge is 0.407 e. The minimum Gasteiger partial charge on any atom is -0.480 e. The van der Waals surface area contributed by atoms with Crippen molar-refractivity contribution < 1.29 is 24.2 Å². The standard InChI is InChI=1S/C27H30N2O5S/c1-35-14-13-24(26(31)32)29-25(30)17-7-6-8-18(15-17)28-27(33)34-16-23-21-11-4-2-9-19(21)20-10-3-5-12-22(20)23/h2-6,8-12,17-18,23-24H,7,13-16H2,1H3,(H,28,33)(H,29,30)(H,31,32)/t17-,18-,24+/m1/s1. The maximum atomic E-state index is 12.7. The van der Waals surface area contributed by atoms with Crippen LogP contribution in [0.3, 0.4) is 0 Å². The van der Waals surface area contributed by atoms with Gasteiger partial charge in [0.05, 0.1) is 6.04 Å². The van der Waals surface area contributed by atoms with E-state index in [0.29, 0.717) is 25.0 Å². The molecule has 35 heavy (non-hydrogen) atoms. The van der Waals surface area contributed by atoms with Crippen molar-refractivity contribution in [1.82, 2.24) is 10.6 Å². The number of hydrogen-bond acceptors (Lipinski definition) is 5. The fraction of sp³-hybridized carbons (Fsp3) is 0.370. The lowest BCUT2D eigenvalue weighted by Gasteiger charge is -2.26. The number of alkyl carbamates (subject to hydrolysis) is 1. The average molecular weight is 495 g/mol. The van der Waals surface area contributed by atoms with Crippen LogP contribution in [0.15, 0.2) is 60.7 Å². The van der Waals surface area contributed by atoms with Gasteiger partial charge < -0.3 is 20.5 Å². The van der Waals surface area contributed by atoms with Gasteiger partial charge >= 0.3 is 12.1 Å². The monoisotopic (exact) mass is 494 g/mol. The number of ether oxygens (including phenoxy) is 1.